The molecule has 16 heavy (non-hydrogen) atoms. The average Bonchev–Trinajstić information content (AvgIpc) is 2.55. The van der Waals surface area contributed by atoms with Gasteiger partial charge in [0.1, 0.15) is 0 Å². The van der Waals surface area contributed by atoms with E-state index in [9.17, 15) is 5.11 Å². The van der Waals surface area contributed by atoms with Crippen LogP contribution in [0.5, 0.6) is 0 Å². The van der Waals surface area contributed by atoms with Gasteiger partial charge >= 0.3 is 0 Å². The molecule has 1 saturated heterocycles. The normalized spacial score (nSPS) is 17.9. The largest absolute Gasteiger partial charge is 0.390 e. The Morgan fingerprint density at radius 1 is 1.31 bits per heavy atom. The smallest absolute Gasteiger partial charge is 0.0910 e. The molecular weight excluding hydrogens is 270 g/mol. The van der Waals surface area contributed by atoms with Crippen LogP contribution >= 0.6 is 15.9 Å². The third-order valence-corrected chi connectivity index (χ3v) is 4.06. The summed E-state index contributed by atoms with van der Waals surface area (Å²) in [5.41, 5.74) is 1.89. The van der Waals surface area contributed by atoms with Gasteiger partial charge < -0.3 is 5.11 Å². The molecule has 0 radical (unpaired) electrons. The van der Waals surface area contributed by atoms with Gasteiger partial charge in [-0.15, -0.1) is 0 Å². The van der Waals surface area contributed by atoms with Gasteiger partial charge in [-0.2, -0.15) is 5.10 Å². The standard InChI is InChI=1S/C11H18BrN3O/c1-14-10(8-16)11(12)9(13-14)7-15-5-3-2-4-6-15/h16H,2-8H2,1H3. The molecule has 5 heteroatoms. The average molecular weight is 288 g/mol. The number of aromatic nitrogens is 2. The maximum Gasteiger partial charge on any atom is 0.0910 e. The maximum absolute atomic E-state index is 9.21. The van der Waals surface area contributed by atoms with Crippen LogP contribution in [-0.4, -0.2) is 32.9 Å². The summed E-state index contributed by atoms with van der Waals surface area (Å²) in [4.78, 5) is 2.43. The van der Waals surface area contributed by atoms with Crippen molar-refractivity contribution in [3.05, 3.63) is 15.9 Å². The Hall–Kier alpha value is -0.390. The van der Waals surface area contributed by atoms with Crippen molar-refractivity contribution in [2.75, 3.05) is 13.1 Å². The minimum Gasteiger partial charge on any atom is -0.390 e. The van der Waals surface area contributed by atoms with E-state index in [1.165, 1.54) is 19.3 Å². The van der Waals surface area contributed by atoms with Crippen molar-refractivity contribution >= 4 is 15.9 Å². The highest BCUT2D eigenvalue weighted by atomic mass is 79.9. The van der Waals surface area contributed by atoms with Gasteiger partial charge in [-0.05, 0) is 41.9 Å². The van der Waals surface area contributed by atoms with Crippen molar-refractivity contribution in [1.82, 2.24) is 14.7 Å². The lowest BCUT2D eigenvalue weighted by molar-refractivity contribution is 0.217. The number of rotatable bonds is 3. The first-order valence-electron chi connectivity index (χ1n) is 5.76. The van der Waals surface area contributed by atoms with Crippen LogP contribution in [0.3, 0.4) is 0 Å². The Morgan fingerprint density at radius 2 is 2.00 bits per heavy atom. The third-order valence-electron chi connectivity index (χ3n) is 3.14. The fourth-order valence-electron chi connectivity index (χ4n) is 2.20. The van der Waals surface area contributed by atoms with Crippen molar-refractivity contribution in [1.29, 1.82) is 0 Å². The molecule has 1 aliphatic rings. The Kier molecular flexibility index (Phi) is 4.00. The van der Waals surface area contributed by atoms with Crippen LogP contribution in [0.25, 0.3) is 0 Å². The third kappa shape index (κ3) is 2.47. The minimum absolute atomic E-state index is 0.0318. The topological polar surface area (TPSA) is 41.3 Å². The van der Waals surface area contributed by atoms with Crippen molar-refractivity contribution in [2.24, 2.45) is 7.05 Å². The molecular formula is C11H18BrN3O. The summed E-state index contributed by atoms with van der Waals surface area (Å²) >= 11 is 3.52. The molecule has 0 aliphatic carbocycles. The number of piperidine rings is 1. The summed E-state index contributed by atoms with van der Waals surface area (Å²) in [6, 6.07) is 0. The Morgan fingerprint density at radius 3 is 2.56 bits per heavy atom. The molecule has 0 spiro atoms. The van der Waals surface area contributed by atoms with Crippen LogP contribution in [0, 0.1) is 0 Å². The lowest BCUT2D eigenvalue weighted by Crippen LogP contribution is -2.29. The van der Waals surface area contributed by atoms with E-state index in [1.807, 2.05) is 7.05 Å². The van der Waals surface area contributed by atoms with Gasteiger partial charge in [0.15, 0.2) is 0 Å². The van der Waals surface area contributed by atoms with Gasteiger partial charge in [-0.1, -0.05) is 6.42 Å². The Bertz CT molecular complexity index is 358. The zero-order chi connectivity index (χ0) is 11.5. The second-order valence-electron chi connectivity index (χ2n) is 4.33. The second kappa shape index (κ2) is 5.29. The lowest BCUT2D eigenvalue weighted by Gasteiger charge is -2.25. The first-order valence-corrected chi connectivity index (χ1v) is 6.55. The Labute approximate surface area is 104 Å². The molecule has 0 bridgehead atoms. The molecule has 1 N–H and O–H groups in total. The zero-order valence-electron chi connectivity index (χ0n) is 9.62. The SMILES string of the molecule is Cn1nc(CN2CCCCC2)c(Br)c1CO. The molecule has 1 fully saturated rings. The first kappa shape index (κ1) is 12.1. The fourth-order valence-corrected chi connectivity index (χ4v) is 2.78. The van der Waals surface area contributed by atoms with Gasteiger partial charge in [0.25, 0.3) is 0 Å². The van der Waals surface area contributed by atoms with Crippen LogP contribution in [0.15, 0.2) is 4.47 Å². The van der Waals surface area contributed by atoms with Crippen molar-refractivity contribution in [3.63, 3.8) is 0 Å². The molecule has 0 atom stereocenters. The molecule has 1 aromatic heterocycles. The summed E-state index contributed by atoms with van der Waals surface area (Å²) in [7, 11) is 1.87. The van der Waals surface area contributed by atoms with E-state index < -0.39 is 0 Å². The molecule has 0 aromatic carbocycles. The van der Waals surface area contributed by atoms with Gasteiger partial charge in [-0.25, -0.2) is 0 Å². The molecule has 1 aromatic rings. The molecule has 0 unspecified atom stereocenters. The van der Waals surface area contributed by atoms with Gasteiger partial charge in [0.05, 0.1) is 22.5 Å². The molecule has 1 aliphatic heterocycles. The van der Waals surface area contributed by atoms with E-state index in [4.69, 9.17) is 0 Å². The van der Waals surface area contributed by atoms with Crippen LogP contribution in [-0.2, 0) is 20.2 Å². The monoisotopic (exact) mass is 287 g/mol. The zero-order valence-corrected chi connectivity index (χ0v) is 11.2. The van der Waals surface area contributed by atoms with E-state index in [0.717, 1.165) is 35.5 Å². The van der Waals surface area contributed by atoms with Gasteiger partial charge in [0.2, 0.25) is 0 Å². The van der Waals surface area contributed by atoms with E-state index in [2.05, 4.69) is 25.9 Å². The predicted octanol–water partition coefficient (Wildman–Crippen LogP) is 1.66. The quantitative estimate of drug-likeness (QED) is 0.919. The van der Waals surface area contributed by atoms with E-state index in [-0.39, 0.29) is 6.61 Å². The van der Waals surface area contributed by atoms with Gasteiger partial charge in [0, 0.05) is 13.6 Å². The van der Waals surface area contributed by atoms with E-state index in [0.29, 0.717) is 0 Å². The molecule has 90 valence electrons. The number of halogens is 1. The number of likely N-dealkylation sites (tertiary alicyclic amines) is 1. The summed E-state index contributed by atoms with van der Waals surface area (Å²) in [5.74, 6) is 0. The van der Waals surface area contributed by atoms with Crippen LogP contribution < -0.4 is 0 Å². The first-order chi connectivity index (χ1) is 7.72. The summed E-state index contributed by atoms with van der Waals surface area (Å²) in [5, 5.41) is 13.7. The van der Waals surface area contributed by atoms with Crippen molar-refractivity contribution in [3.8, 4) is 0 Å². The van der Waals surface area contributed by atoms with Crippen molar-refractivity contribution in [2.45, 2.75) is 32.4 Å². The number of aryl methyl sites for hydroxylation is 1. The maximum atomic E-state index is 9.21. The highest BCUT2D eigenvalue weighted by Gasteiger charge is 2.17. The Balaban J connectivity index is 2.08. The highest BCUT2D eigenvalue weighted by molar-refractivity contribution is 9.10. The van der Waals surface area contributed by atoms with Crippen molar-refractivity contribution < 1.29 is 5.11 Å². The van der Waals surface area contributed by atoms with Crippen LogP contribution in [0.2, 0.25) is 0 Å². The number of hydrogen-bond acceptors (Lipinski definition) is 3. The molecule has 0 amide bonds. The molecule has 4 nitrogen and oxygen atoms in total. The number of hydrogen-bond donors (Lipinski definition) is 1. The van der Waals surface area contributed by atoms with Gasteiger partial charge in [-0.3, -0.25) is 9.58 Å². The summed E-state index contributed by atoms with van der Waals surface area (Å²) in [6.07, 6.45) is 3.93. The molecule has 0 saturated carbocycles. The number of aliphatic hydroxyl groups excluding tert-OH is 1. The number of aliphatic hydroxyl groups is 1. The molecule has 2 rings (SSSR count). The summed E-state index contributed by atoms with van der Waals surface area (Å²) < 4.78 is 2.71. The second-order valence-corrected chi connectivity index (χ2v) is 5.12. The minimum atomic E-state index is 0.0318. The predicted molar refractivity (Wildman–Crippen MR) is 66.0 cm³/mol. The molecule has 2 heterocycles. The van der Waals surface area contributed by atoms with Crippen LogP contribution in [0.4, 0.5) is 0 Å². The highest BCUT2D eigenvalue weighted by Crippen LogP contribution is 2.23. The summed E-state index contributed by atoms with van der Waals surface area (Å²) in [6.45, 7) is 3.24. The lowest BCUT2D eigenvalue weighted by atomic mass is 10.1. The van der Waals surface area contributed by atoms with Crippen LogP contribution in [0.1, 0.15) is 30.7 Å². The fraction of sp³-hybridized carbons (Fsp3) is 0.727. The van der Waals surface area contributed by atoms with E-state index in [1.54, 1.807) is 4.68 Å². The number of nitrogens with zero attached hydrogens (tertiary/aromatic N) is 3. The van der Waals surface area contributed by atoms with E-state index >= 15 is 0 Å².